The molecule has 0 saturated heterocycles. The Kier molecular flexibility index (Phi) is 5.16. The molecule has 1 aromatic heterocycles. The molecule has 17 heavy (non-hydrogen) atoms. The molecule has 0 fully saturated rings. The lowest BCUT2D eigenvalue weighted by Gasteiger charge is -2.19. The minimum Gasteiger partial charge on any atom is -0.356 e. The van der Waals surface area contributed by atoms with Crippen LogP contribution in [0.15, 0.2) is 30.5 Å². The van der Waals surface area contributed by atoms with Crippen LogP contribution in [0.5, 0.6) is 0 Å². The highest BCUT2D eigenvalue weighted by atomic mass is 15.2. The van der Waals surface area contributed by atoms with Gasteiger partial charge in [-0.1, -0.05) is 26.0 Å². The second-order valence-corrected chi connectivity index (χ2v) is 4.87. The average Bonchev–Trinajstić information content (AvgIpc) is 2.26. The van der Waals surface area contributed by atoms with Crippen LogP contribution in [0, 0.1) is 0 Å². The molecule has 3 heteroatoms. The molecule has 0 saturated carbocycles. The van der Waals surface area contributed by atoms with Gasteiger partial charge in [0, 0.05) is 32.4 Å². The standard InChI is InChI=1S/C14H23N3/c1-11(2)10-17(5)14-8-13(6-7-15-14)9-16-12(3)4/h6-8,12,16H,1,9-10H2,2-5H3. The number of pyridine rings is 1. The third-order valence-electron chi connectivity index (χ3n) is 2.42. The molecule has 1 aromatic rings. The largest absolute Gasteiger partial charge is 0.356 e. The second-order valence-electron chi connectivity index (χ2n) is 4.87. The van der Waals surface area contributed by atoms with Gasteiger partial charge in [-0.3, -0.25) is 0 Å². The summed E-state index contributed by atoms with van der Waals surface area (Å²) < 4.78 is 0. The van der Waals surface area contributed by atoms with Gasteiger partial charge in [-0.25, -0.2) is 4.98 Å². The molecule has 1 rings (SSSR count). The lowest BCUT2D eigenvalue weighted by Crippen LogP contribution is -2.23. The van der Waals surface area contributed by atoms with Crippen molar-refractivity contribution in [3.05, 3.63) is 36.0 Å². The Morgan fingerprint density at radius 3 is 2.82 bits per heavy atom. The summed E-state index contributed by atoms with van der Waals surface area (Å²) in [6.45, 7) is 12.0. The van der Waals surface area contributed by atoms with Crippen LogP contribution in [-0.2, 0) is 6.54 Å². The second kappa shape index (κ2) is 6.40. The van der Waals surface area contributed by atoms with Crippen molar-refractivity contribution in [3.63, 3.8) is 0 Å². The molecule has 0 spiro atoms. The molecule has 0 atom stereocenters. The summed E-state index contributed by atoms with van der Waals surface area (Å²) in [5.74, 6) is 0.996. The highest BCUT2D eigenvalue weighted by molar-refractivity contribution is 5.41. The first-order valence-electron chi connectivity index (χ1n) is 6.03. The van der Waals surface area contributed by atoms with Crippen molar-refractivity contribution < 1.29 is 0 Å². The fraction of sp³-hybridized carbons (Fsp3) is 0.500. The van der Waals surface area contributed by atoms with E-state index in [0.717, 1.165) is 24.5 Å². The van der Waals surface area contributed by atoms with Crippen LogP contribution in [0.3, 0.4) is 0 Å². The van der Waals surface area contributed by atoms with Crippen molar-refractivity contribution in [1.29, 1.82) is 0 Å². The molecule has 0 amide bonds. The molecule has 0 unspecified atom stereocenters. The maximum absolute atomic E-state index is 4.38. The van der Waals surface area contributed by atoms with E-state index in [-0.39, 0.29) is 0 Å². The molecule has 0 radical (unpaired) electrons. The van der Waals surface area contributed by atoms with Crippen LogP contribution in [0.2, 0.25) is 0 Å². The monoisotopic (exact) mass is 233 g/mol. The first-order chi connectivity index (χ1) is 7.99. The molecular weight excluding hydrogens is 210 g/mol. The van der Waals surface area contributed by atoms with Crippen LogP contribution in [0.1, 0.15) is 26.3 Å². The van der Waals surface area contributed by atoms with E-state index in [2.05, 4.69) is 41.7 Å². The molecule has 0 aliphatic rings. The molecule has 1 N–H and O–H groups in total. The molecule has 94 valence electrons. The smallest absolute Gasteiger partial charge is 0.128 e. The van der Waals surface area contributed by atoms with Crippen LogP contribution < -0.4 is 10.2 Å². The number of nitrogens with one attached hydrogen (secondary N) is 1. The molecule has 1 heterocycles. The zero-order valence-corrected chi connectivity index (χ0v) is 11.3. The first kappa shape index (κ1) is 13.7. The van der Waals surface area contributed by atoms with Gasteiger partial charge in [0.15, 0.2) is 0 Å². The molecule has 0 aliphatic carbocycles. The summed E-state index contributed by atoms with van der Waals surface area (Å²) in [5.41, 5.74) is 2.40. The SMILES string of the molecule is C=C(C)CN(C)c1cc(CNC(C)C)ccn1. The minimum atomic E-state index is 0.500. The van der Waals surface area contributed by atoms with Crippen LogP contribution in [0.25, 0.3) is 0 Å². The van der Waals surface area contributed by atoms with Gasteiger partial charge in [0.2, 0.25) is 0 Å². The number of likely N-dealkylation sites (N-methyl/N-ethyl adjacent to an activating group) is 1. The summed E-state index contributed by atoms with van der Waals surface area (Å²) in [4.78, 5) is 6.49. The van der Waals surface area contributed by atoms with E-state index >= 15 is 0 Å². The van der Waals surface area contributed by atoms with Crippen molar-refractivity contribution in [3.8, 4) is 0 Å². The molecular formula is C14H23N3. The van der Waals surface area contributed by atoms with Gasteiger partial charge in [0.1, 0.15) is 5.82 Å². The lowest BCUT2D eigenvalue weighted by molar-refractivity contribution is 0.588. The van der Waals surface area contributed by atoms with Gasteiger partial charge in [0.25, 0.3) is 0 Å². The molecule has 3 nitrogen and oxygen atoms in total. The van der Waals surface area contributed by atoms with Crippen LogP contribution in [-0.4, -0.2) is 24.6 Å². The molecule has 0 aliphatic heterocycles. The number of hydrogen-bond acceptors (Lipinski definition) is 3. The molecule has 0 bridgehead atoms. The zero-order chi connectivity index (χ0) is 12.8. The molecule has 0 aromatic carbocycles. The topological polar surface area (TPSA) is 28.2 Å². The maximum Gasteiger partial charge on any atom is 0.128 e. The van der Waals surface area contributed by atoms with E-state index in [1.54, 1.807) is 0 Å². The van der Waals surface area contributed by atoms with E-state index in [0.29, 0.717) is 6.04 Å². The Morgan fingerprint density at radius 2 is 2.24 bits per heavy atom. The van der Waals surface area contributed by atoms with Crippen molar-refractivity contribution in [2.45, 2.75) is 33.4 Å². The number of nitrogens with zero attached hydrogens (tertiary/aromatic N) is 2. The van der Waals surface area contributed by atoms with Gasteiger partial charge in [-0.15, -0.1) is 0 Å². The van der Waals surface area contributed by atoms with Gasteiger partial charge in [0.05, 0.1) is 0 Å². The fourth-order valence-electron chi connectivity index (χ4n) is 1.59. The highest BCUT2D eigenvalue weighted by Crippen LogP contribution is 2.12. The minimum absolute atomic E-state index is 0.500. The summed E-state index contributed by atoms with van der Waals surface area (Å²) in [7, 11) is 2.04. The predicted octanol–water partition coefficient (Wildman–Crippen LogP) is 2.59. The van der Waals surface area contributed by atoms with Gasteiger partial charge in [-0.05, 0) is 24.6 Å². The Hall–Kier alpha value is -1.35. The lowest BCUT2D eigenvalue weighted by atomic mass is 10.2. The van der Waals surface area contributed by atoms with E-state index < -0.39 is 0 Å². The average molecular weight is 233 g/mol. The van der Waals surface area contributed by atoms with Crippen LogP contribution in [0.4, 0.5) is 5.82 Å². The quantitative estimate of drug-likeness (QED) is 0.765. The third-order valence-corrected chi connectivity index (χ3v) is 2.42. The summed E-state index contributed by atoms with van der Waals surface area (Å²) in [5, 5.41) is 3.40. The van der Waals surface area contributed by atoms with Crippen molar-refractivity contribution in [2.75, 3.05) is 18.5 Å². The summed E-state index contributed by atoms with van der Waals surface area (Å²) >= 11 is 0. The Balaban J connectivity index is 2.67. The number of hydrogen-bond donors (Lipinski definition) is 1. The fourth-order valence-corrected chi connectivity index (χ4v) is 1.59. The van der Waals surface area contributed by atoms with Crippen LogP contribution >= 0.6 is 0 Å². The normalized spacial score (nSPS) is 10.6. The van der Waals surface area contributed by atoms with Crippen molar-refractivity contribution >= 4 is 5.82 Å². The van der Waals surface area contributed by atoms with E-state index in [4.69, 9.17) is 0 Å². The van der Waals surface area contributed by atoms with Crippen molar-refractivity contribution in [1.82, 2.24) is 10.3 Å². The van der Waals surface area contributed by atoms with Gasteiger partial charge >= 0.3 is 0 Å². The highest BCUT2D eigenvalue weighted by Gasteiger charge is 2.03. The predicted molar refractivity (Wildman–Crippen MR) is 74.3 cm³/mol. The Labute approximate surface area is 105 Å². The Bertz CT molecular complexity index is 371. The maximum atomic E-state index is 4.38. The van der Waals surface area contributed by atoms with Gasteiger partial charge < -0.3 is 10.2 Å². The van der Waals surface area contributed by atoms with E-state index in [9.17, 15) is 0 Å². The van der Waals surface area contributed by atoms with Crippen molar-refractivity contribution in [2.24, 2.45) is 0 Å². The summed E-state index contributed by atoms with van der Waals surface area (Å²) in [6.07, 6.45) is 1.86. The summed E-state index contributed by atoms with van der Waals surface area (Å²) in [6, 6.07) is 4.67. The van der Waals surface area contributed by atoms with E-state index in [1.807, 2.05) is 26.2 Å². The third kappa shape index (κ3) is 5.00. The number of anilines is 1. The Morgan fingerprint density at radius 1 is 1.53 bits per heavy atom. The zero-order valence-electron chi connectivity index (χ0n) is 11.3. The van der Waals surface area contributed by atoms with E-state index in [1.165, 1.54) is 5.56 Å². The first-order valence-corrected chi connectivity index (χ1v) is 6.03. The van der Waals surface area contributed by atoms with Gasteiger partial charge in [-0.2, -0.15) is 0 Å². The number of aromatic nitrogens is 1. The number of rotatable bonds is 6.